The van der Waals surface area contributed by atoms with Gasteiger partial charge in [0.25, 0.3) is 0 Å². The molecule has 14 heteroatoms. The van der Waals surface area contributed by atoms with Crippen molar-refractivity contribution in [1.29, 1.82) is 0 Å². The molecule has 0 N–H and O–H groups in total. The van der Waals surface area contributed by atoms with E-state index in [4.69, 9.17) is 9.47 Å². The number of hydrogen-bond donors (Lipinski definition) is 0. The zero-order valence-corrected chi connectivity index (χ0v) is 34.0. The summed E-state index contributed by atoms with van der Waals surface area (Å²) >= 11 is 7.78. The van der Waals surface area contributed by atoms with E-state index >= 15 is 0 Å². The lowest BCUT2D eigenvalue weighted by molar-refractivity contribution is -0.143. The van der Waals surface area contributed by atoms with Crippen LogP contribution in [0.15, 0.2) is 0 Å². The van der Waals surface area contributed by atoms with Crippen LogP contribution in [0.25, 0.3) is 0 Å². The van der Waals surface area contributed by atoms with Gasteiger partial charge in [0.05, 0.1) is 11.2 Å². The highest BCUT2D eigenvalue weighted by atomic mass is 32.2. The first-order valence-electron chi connectivity index (χ1n) is 16.3. The summed E-state index contributed by atoms with van der Waals surface area (Å²) in [6.45, 7) is 10.3. The smallest absolute Gasteiger partial charge is 0.185 e. The fourth-order valence-corrected chi connectivity index (χ4v) is 8.55. The Morgan fingerprint density at radius 1 is 0.383 bits per heavy atom. The van der Waals surface area contributed by atoms with Crippen LogP contribution in [0.2, 0.25) is 0 Å². The van der Waals surface area contributed by atoms with Crippen molar-refractivity contribution >= 4 is 101 Å². The predicted molar refractivity (Wildman–Crippen MR) is 207 cm³/mol. The Kier molecular flexibility index (Phi) is 28.7. The fraction of sp³-hybridized carbons (Fsp3) is 0.818. The average Bonchev–Trinajstić information content (AvgIpc) is 2.97. The van der Waals surface area contributed by atoms with Gasteiger partial charge >= 0.3 is 0 Å². The zero-order valence-electron chi connectivity index (χ0n) is 29.2. The summed E-state index contributed by atoms with van der Waals surface area (Å²) in [5, 5.41) is 0.428. The van der Waals surface area contributed by atoms with E-state index in [1.165, 1.54) is 70.6 Å². The van der Waals surface area contributed by atoms with E-state index in [1.54, 1.807) is 41.5 Å². The van der Waals surface area contributed by atoms with Crippen LogP contribution in [0, 0.1) is 0 Å². The number of thioether (sulfide) groups is 6. The van der Waals surface area contributed by atoms with Crippen molar-refractivity contribution in [2.75, 3.05) is 47.7 Å². The first-order chi connectivity index (χ1) is 22.2. The Morgan fingerprint density at radius 3 is 0.809 bits per heavy atom. The van der Waals surface area contributed by atoms with Crippen LogP contribution in [0.5, 0.6) is 0 Å². The molecule has 0 fully saturated rings. The minimum atomic E-state index is -0.606. The molecule has 47 heavy (non-hydrogen) atoms. The summed E-state index contributed by atoms with van der Waals surface area (Å²) in [6, 6.07) is 0. The van der Waals surface area contributed by atoms with Gasteiger partial charge in [-0.05, 0) is 64.2 Å². The Bertz CT molecular complexity index is 843. The summed E-state index contributed by atoms with van der Waals surface area (Å²) in [6.07, 6.45) is 7.85. The number of carbonyl (C=O) groups excluding carboxylic acids is 6. The van der Waals surface area contributed by atoms with Gasteiger partial charge in [0.15, 0.2) is 30.7 Å². The molecular formula is C33H56O8S6. The summed E-state index contributed by atoms with van der Waals surface area (Å²) in [5.41, 5.74) is -1.21. The highest BCUT2D eigenvalue weighted by molar-refractivity contribution is 8.14. The third kappa shape index (κ3) is 28.4. The monoisotopic (exact) mass is 772 g/mol. The average molecular weight is 773 g/mol. The minimum absolute atomic E-state index is 0.0704. The van der Waals surface area contributed by atoms with Crippen molar-refractivity contribution in [3.8, 4) is 0 Å². The van der Waals surface area contributed by atoms with E-state index in [0.29, 0.717) is 92.7 Å². The maximum atomic E-state index is 11.7. The number of ether oxygens (including phenoxy) is 2. The Hall–Kier alpha value is 0.0400. The van der Waals surface area contributed by atoms with Gasteiger partial charge in [-0.25, -0.2) is 0 Å². The Labute approximate surface area is 308 Å². The van der Waals surface area contributed by atoms with Crippen LogP contribution in [0.1, 0.15) is 112 Å². The molecule has 0 rings (SSSR count). The van der Waals surface area contributed by atoms with E-state index < -0.39 is 11.2 Å². The van der Waals surface area contributed by atoms with Gasteiger partial charge in [0.2, 0.25) is 0 Å². The maximum Gasteiger partial charge on any atom is 0.185 e. The van der Waals surface area contributed by atoms with E-state index in [-0.39, 0.29) is 30.7 Å². The van der Waals surface area contributed by atoms with E-state index in [0.717, 1.165) is 25.7 Å². The van der Waals surface area contributed by atoms with Gasteiger partial charge in [-0.15, -0.1) is 0 Å². The van der Waals surface area contributed by atoms with E-state index in [1.807, 2.05) is 0 Å². The molecule has 0 aliphatic carbocycles. The first kappa shape index (κ1) is 47.0. The molecular weight excluding hydrogens is 717 g/mol. The van der Waals surface area contributed by atoms with Crippen molar-refractivity contribution in [2.24, 2.45) is 0 Å². The first-order valence-corrected chi connectivity index (χ1v) is 22.2. The number of hydrogen-bond acceptors (Lipinski definition) is 14. The Balaban J connectivity index is 6.52. The molecule has 0 bridgehead atoms. The van der Waals surface area contributed by atoms with Crippen molar-refractivity contribution in [3.63, 3.8) is 0 Å². The largest absolute Gasteiger partial charge is 0.375 e. The molecule has 0 aliphatic heterocycles. The minimum Gasteiger partial charge on any atom is -0.375 e. The molecule has 0 amide bonds. The third-order valence-electron chi connectivity index (χ3n) is 6.98. The maximum absolute atomic E-state index is 11.7. The van der Waals surface area contributed by atoms with Gasteiger partial charge in [0.1, 0.15) is 0 Å². The molecule has 0 aromatic carbocycles. The number of carbonyl (C=O) groups is 6. The van der Waals surface area contributed by atoms with Crippen LogP contribution < -0.4 is 0 Å². The molecule has 0 atom stereocenters. The normalized spacial score (nSPS) is 11.9. The van der Waals surface area contributed by atoms with Gasteiger partial charge < -0.3 is 9.47 Å². The Morgan fingerprint density at radius 2 is 0.596 bits per heavy atom. The van der Waals surface area contributed by atoms with Crippen LogP contribution in [0.3, 0.4) is 0 Å². The third-order valence-corrected chi connectivity index (χ3v) is 12.4. The second-order valence-corrected chi connectivity index (χ2v) is 19.0. The van der Waals surface area contributed by atoms with E-state index in [9.17, 15) is 28.8 Å². The molecule has 0 aromatic heterocycles. The molecule has 0 heterocycles. The molecule has 0 spiro atoms. The van der Waals surface area contributed by atoms with Crippen LogP contribution in [0.4, 0.5) is 0 Å². The lowest BCUT2D eigenvalue weighted by Crippen LogP contribution is -2.46. The standard InChI is InChI=1S/C33H56O8S6/c1-26(34)42-19-7-13-32(14-8-20-43-27(2)35,40-17-11-23-46-30(5)38)25-33(15-9-21-44-28(3)36,16-10-22-45-29(4)37)41-18-12-24-47-31(6)39/h7-25H2,1-6H3. The molecule has 272 valence electrons. The quantitative estimate of drug-likeness (QED) is 0.0707. The van der Waals surface area contributed by atoms with Crippen LogP contribution in [-0.2, 0) is 38.2 Å². The SMILES string of the molecule is CC(=O)SCCCOC(CCCSC(C)=O)(CCCSC(C)=O)CC(CCCSC(C)=O)(CCCSC(C)=O)OCCCSC(C)=O. The lowest BCUT2D eigenvalue weighted by Gasteiger charge is -2.44. The summed E-state index contributed by atoms with van der Waals surface area (Å²) in [7, 11) is 0. The molecule has 0 unspecified atom stereocenters. The van der Waals surface area contributed by atoms with Crippen molar-refractivity contribution < 1.29 is 38.2 Å². The second-order valence-electron chi connectivity index (χ2n) is 11.4. The van der Waals surface area contributed by atoms with Crippen molar-refractivity contribution in [2.45, 2.75) is 123 Å². The molecule has 0 saturated carbocycles. The summed E-state index contributed by atoms with van der Waals surface area (Å²) in [4.78, 5) is 70.1. The molecule has 0 aromatic rings. The van der Waals surface area contributed by atoms with Gasteiger partial charge in [-0.1, -0.05) is 70.6 Å². The van der Waals surface area contributed by atoms with Crippen LogP contribution in [-0.4, -0.2) is 89.6 Å². The summed E-state index contributed by atoms with van der Waals surface area (Å²) in [5.74, 6) is 4.00. The zero-order chi connectivity index (χ0) is 35.6. The van der Waals surface area contributed by atoms with Gasteiger partial charge in [-0.2, -0.15) is 0 Å². The summed E-state index contributed by atoms with van der Waals surface area (Å²) < 4.78 is 13.7. The molecule has 0 radical (unpaired) electrons. The fourth-order valence-electron chi connectivity index (χ4n) is 5.15. The van der Waals surface area contributed by atoms with Gasteiger partial charge in [-0.3, -0.25) is 28.8 Å². The highest BCUT2D eigenvalue weighted by Crippen LogP contribution is 2.41. The second kappa shape index (κ2) is 28.7. The lowest BCUT2D eigenvalue weighted by atomic mass is 9.76. The topological polar surface area (TPSA) is 121 Å². The number of rotatable bonds is 28. The van der Waals surface area contributed by atoms with Crippen molar-refractivity contribution in [1.82, 2.24) is 0 Å². The van der Waals surface area contributed by atoms with Crippen molar-refractivity contribution in [3.05, 3.63) is 0 Å². The molecule has 8 nitrogen and oxygen atoms in total. The molecule has 0 saturated heterocycles. The highest BCUT2D eigenvalue weighted by Gasteiger charge is 2.42. The molecule has 0 aliphatic rings. The van der Waals surface area contributed by atoms with Crippen LogP contribution >= 0.6 is 70.6 Å². The van der Waals surface area contributed by atoms with Gasteiger partial charge in [0, 0.05) is 95.7 Å². The predicted octanol–water partition coefficient (Wildman–Crippen LogP) is 8.47. The van der Waals surface area contributed by atoms with E-state index in [2.05, 4.69) is 0 Å².